The monoisotopic (exact) mass is 441 g/mol. The van der Waals surface area contributed by atoms with Crippen molar-refractivity contribution in [1.82, 2.24) is 29.8 Å². The molecule has 11 heteroatoms. The Morgan fingerprint density at radius 2 is 1.94 bits per heavy atom. The van der Waals surface area contributed by atoms with Crippen molar-refractivity contribution < 1.29 is 18.0 Å². The van der Waals surface area contributed by atoms with E-state index in [1.165, 1.54) is 9.36 Å². The number of pyridine rings is 1. The van der Waals surface area contributed by atoms with E-state index in [9.17, 15) is 18.0 Å². The van der Waals surface area contributed by atoms with Crippen molar-refractivity contribution in [2.45, 2.75) is 37.9 Å². The van der Waals surface area contributed by atoms with Crippen LogP contribution in [0.25, 0.3) is 16.9 Å². The Labute approximate surface area is 180 Å². The van der Waals surface area contributed by atoms with Gasteiger partial charge in [0.2, 0.25) is 5.91 Å². The third-order valence-corrected chi connectivity index (χ3v) is 5.38. The molecular formula is C21H18F3N7O. The number of nitrogens with zero attached hydrogens (tertiary/aromatic N) is 6. The molecule has 1 aliphatic carbocycles. The van der Waals surface area contributed by atoms with Crippen LogP contribution in [0, 0.1) is 0 Å². The summed E-state index contributed by atoms with van der Waals surface area (Å²) in [5.41, 5.74) is 1.73. The van der Waals surface area contributed by atoms with E-state index in [1.54, 1.807) is 49.5 Å². The summed E-state index contributed by atoms with van der Waals surface area (Å²) in [6.45, 7) is 1.68. The highest BCUT2D eigenvalue weighted by Gasteiger charge is 2.38. The summed E-state index contributed by atoms with van der Waals surface area (Å²) in [5.74, 6) is -0.239. The number of benzene rings is 1. The number of carbonyl (C=O) groups is 1. The molecule has 1 aromatic carbocycles. The van der Waals surface area contributed by atoms with Crippen LogP contribution >= 0.6 is 0 Å². The average Bonchev–Trinajstić information content (AvgIpc) is 3.36. The van der Waals surface area contributed by atoms with Crippen molar-refractivity contribution in [3.8, 4) is 5.69 Å². The van der Waals surface area contributed by atoms with Crippen LogP contribution in [0.3, 0.4) is 0 Å². The van der Waals surface area contributed by atoms with E-state index in [2.05, 4.69) is 25.7 Å². The van der Waals surface area contributed by atoms with Gasteiger partial charge < -0.3 is 5.32 Å². The number of halogens is 3. The first-order valence-electron chi connectivity index (χ1n) is 10.1. The Bertz CT molecular complexity index is 1290. The first-order chi connectivity index (χ1) is 15.3. The lowest BCUT2D eigenvalue weighted by Crippen LogP contribution is -2.24. The molecule has 0 unspecified atom stereocenters. The fraction of sp³-hybridized carbons (Fsp3) is 0.286. The number of fused-ring (bicyclic) bond motifs is 1. The number of nitrogens with one attached hydrogen (secondary N) is 1. The molecule has 1 amide bonds. The maximum Gasteiger partial charge on any atom is 0.435 e. The van der Waals surface area contributed by atoms with Gasteiger partial charge in [0.15, 0.2) is 11.3 Å². The van der Waals surface area contributed by atoms with E-state index in [4.69, 9.17) is 0 Å². The number of hydrogen-bond acceptors (Lipinski definition) is 5. The molecule has 1 atom stereocenters. The molecule has 0 aliphatic heterocycles. The smallest absolute Gasteiger partial charge is 0.324 e. The lowest BCUT2D eigenvalue weighted by Gasteiger charge is -2.13. The number of amides is 1. The van der Waals surface area contributed by atoms with Crippen LogP contribution in [0.5, 0.6) is 0 Å². The maximum absolute atomic E-state index is 13.1. The average molecular weight is 441 g/mol. The highest BCUT2D eigenvalue weighted by molar-refractivity contribution is 5.94. The second kappa shape index (κ2) is 7.43. The van der Waals surface area contributed by atoms with E-state index < -0.39 is 17.9 Å². The van der Waals surface area contributed by atoms with E-state index in [0.717, 1.165) is 18.9 Å². The van der Waals surface area contributed by atoms with E-state index >= 15 is 0 Å². The second-order valence-corrected chi connectivity index (χ2v) is 7.73. The highest BCUT2D eigenvalue weighted by atomic mass is 19.4. The topological polar surface area (TPSA) is 90.5 Å². The molecule has 0 radical (unpaired) electrons. The number of rotatable bonds is 5. The van der Waals surface area contributed by atoms with Gasteiger partial charge in [-0.05, 0) is 62.2 Å². The zero-order valence-corrected chi connectivity index (χ0v) is 16.9. The molecule has 5 rings (SSSR count). The third-order valence-electron chi connectivity index (χ3n) is 5.38. The Morgan fingerprint density at radius 1 is 1.19 bits per heavy atom. The minimum absolute atomic E-state index is 0.0879. The molecule has 0 saturated heterocycles. The van der Waals surface area contributed by atoms with Gasteiger partial charge in [-0.3, -0.25) is 4.79 Å². The van der Waals surface area contributed by atoms with Crippen LogP contribution in [-0.4, -0.2) is 35.7 Å². The zero-order valence-electron chi connectivity index (χ0n) is 16.9. The van der Waals surface area contributed by atoms with Gasteiger partial charge in [0.1, 0.15) is 11.6 Å². The van der Waals surface area contributed by atoms with Crippen LogP contribution in [0.2, 0.25) is 0 Å². The predicted molar refractivity (Wildman–Crippen MR) is 109 cm³/mol. The molecule has 0 bridgehead atoms. The summed E-state index contributed by atoms with van der Waals surface area (Å²) >= 11 is 0. The van der Waals surface area contributed by atoms with Gasteiger partial charge in [0, 0.05) is 23.5 Å². The molecule has 1 saturated carbocycles. The summed E-state index contributed by atoms with van der Waals surface area (Å²) in [6.07, 6.45) is -1.21. The summed E-state index contributed by atoms with van der Waals surface area (Å²) in [7, 11) is 0. The van der Waals surface area contributed by atoms with Gasteiger partial charge in [-0.1, -0.05) is 5.21 Å². The van der Waals surface area contributed by atoms with E-state index in [1.807, 2.05) is 0 Å². The van der Waals surface area contributed by atoms with Crippen molar-refractivity contribution in [3.05, 3.63) is 60.0 Å². The fourth-order valence-corrected chi connectivity index (χ4v) is 3.50. The molecule has 164 valence electrons. The molecule has 1 N–H and O–H groups in total. The predicted octanol–water partition coefficient (Wildman–Crippen LogP) is 4.11. The van der Waals surface area contributed by atoms with Gasteiger partial charge in [-0.25, -0.2) is 14.3 Å². The van der Waals surface area contributed by atoms with Crippen LogP contribution in [0.1, 0.15) is 43.1 Å². The molecular weight excluding hydrogens is 423 g/mol. The summed E-state index contributed by atoms with van der Waals surface area (Å²) in [4.78, 5) is 16.9. The quantitative estimate of drug-likeness (QED) is 0.503. The summed E-state index contributed by atoms with van der Waals surface area (Å²) < 4.78 is 42.2. The molecule has 4 aromatic rings. The van der Waals surface area contributed by atoms with Gasteiger partial charge in [0.25, 0.3) is 0 Å². The largest absolute Gasteiger partial charge is 0.435 e. The van der Waals surface area contributed by atoms with Crippen LogP contribution in [0.15, 0.2) is 48.7 Å². The van der Waals surface area contributed by atoms with Crippen LogP contribution in [-0.2, 0) is 11.0 Å². The lowest BCUT2D eigenvalue weighted by atomic mass is 10.2. The minimum atomic E-state index is -4.50. The van der Waals surface area contributed by atoms with Gasteiger partial charge >= 0.3 is 6.18 Å². The molecule has 32 heavy (non-hydrogen) atoms. The first-order valence-corrected chi connectivity index (χ1v) is 10.1. The van der Waals surface area contributed by atoms with Gasteiger partial charge in [-0.2, -0.15) is 18.3 Å². The standard InChI is InChI=1S/C21H18F3N7O/c1-12(30-19-16(27-29-30)3-2-10-25-19)20(32)26-14-6-8-15(9-7-14)31-17(13-4-5-13)11-18(28-31)21(22,23)24/h2-3,6-13H,4-5H2,1H3,(H,26,32)/t12-/m0/s1. The number of alkyl halides is 3. The Kier molecular flexibility index (Phi) is 4.68. The van der Waals surface area contributed by atoms with Crippen molar-refractivity contribution >= 4 is 22.8 Å². The SMILES string of the molecule is C[C@@H](C(=O)Nc1ccc(-n2nc(C(F)(F)F)cc2C2CC2)cc1)n1nnc2cccnc21. The van der Waals surface area contributed by atoms with E-state index in [-0.39, 0.29) is 11.8 Å². The normalized spacial score (nSPS) is 15.1. The first kappa shape index (κ1) is 20.2. The number of aromatic nitrogens is 6. The summed E-state index contributed by atoms with van der Waals surface area (Å²) in [6, 6.07) is 10.5. The van der Waals surface area contributed by atoms with Gasteiger partial charge in [0.05, 0.1) is 5.69 Å². The Hall–Kier alpha value is -3.76. The number of anilines is 1. The van der Waals surface area contributed by atoms with Crippen molar-refractivity contribution in [3.63, 3.8) is 0 Å². The molecule has 1 aliphatic rings. The molecule has 3 aromatic heterocycles. The van der Waals surface area contributed by atoms with Crippen LogP contribution in [0.4, 0.5) is 18.9 Å². The number of hydrogen-bond donors (Lipinski definition) is 1. The zero-order chi connectivity index (χ0) is 22.5. The lowest BCUT2D eigenvalue weighted by molar-refractivity contribution is -0.141. The minimum Gasteiger partial charge on any atom is -0.324 e. The number of carbonyl (C=O) groups excluding carboxylic acids is 1. The summed E-state index contributed by atoms with van der Waals surface area (Å²) in [5, 5.41) is 14.6. The molecule has 8 nitrogen and oxygen atoms in total. The van der Waals surface area contributed by atoms with Crippen LogP contribution < -0.4 is 5.32 Å². The van der Waals surface area contributed by atoms with E-state index in [0.29, 0.717) is 28.2 Å². The van der Waals surface area contributed by atoms with Gasteiger partial charge in [-0.15, -0.1) is 5.10 Å². The fourth-order valence-electron chi connectivity index (χ4n) is 3.50. The second-order valence-electron chi connectivity index (χ2n) is 7.73. The van der Waals surface area contributed by atoms with Crippen molar-refractivity contribution in [1.29, 1.82) is 0 Å². The molecule has 1 fully saturated rings. The maximum atomic E-state index is 13.1. The highest BCUT2D eigenvalue weighted by Crippen LogP contribution is 2.43. The molecule has 0 spiro atoms. The van der Waals surface area contributed by atoms with Crippen molar-refractivity contribution in [2.75, 3.05) is 5.32 Å². The van der Waals surface area contributed by atoms with Crippen molar-refractivity contribution in [2.24, 2.45) is 0 Å². The Morgan fingerprint density at radius 3 is 2.62 bits per heavy atom. The third kappa shape index (κ3) is 3.70. The Balaban J connectivity index is 1.35. The molecule has 3 heterocycles.